The Morgan fingerprint density at radius 2 is 2.00 bits per heavy atom. The third kappa shape index (κ3) is 3.34. The molecule has 0 aliphatic rings. The number of carboxylic acids is 1. The molecular formula is C13H8BrIN2O3. The van der Waals surface area contributed by atoms with E-state index in [4.69, 9.17) is 5.11 Å². The number of anilines is 1. The molecule has 20 heavy (non-hydrogen) atoms. The summed E-state index contributed by atoms with van der Waals surface area (Å²) in [4.78, 5) is 27.1. The molecule has 0 atom stereocenters. The van der Waals surface area contributed by atoms with Gasteiger partial charge in [0.15, 0.2) is 0 Å². The summed E-state index contributed by atoms with van der Waals surface area (Å²) < 4.78 is 1.54. The molecule has 1 amide bonds. The predicted octanol–water partition coefficient (Wildman–Crippen LogP) is 3.40. The van der Waals surface area contributed by atoms with E-state index < -0.39 is 11.9 Å². The fraction of sp³-hybridized carbons (Fsp3) is 0. The zero-order valence-electron chi connectivity index (χ0n) is 9.93. The quantitative estimate of drug-likeness (QED) is 0.708. The molecule has 102 valence electrons. The molecule has 0 fully saturated rings. The number of rotatable bonds is 3. The lowest BCUT2D eigenvalue weighted by Crippen LogP contribution is -2.15. The number of aromatic carboxylic acids is 1. The van der Waals surface area contributed by atoms with E-state index >= 15 is 0 Å². The van der Waals surface area contributed by atoms with Crippen molar-refractivity contribution < 1.29 is 14.7 Å². The van der Waals surface area contributed by atoms with Gasteiger partial charge in [0.1, 0.15) is 0 Å². The summed E-state index contributed by atoms with van der Waals surface area (Å²) in [6.45, 7) is 0. The van der Waals surface area contributed by atoms with Crippen molar-refractivity contribution in [1.29, 1.82) is 0 Å². The highest BCUT2D eigenvalue weighted by molar-refractivity contribution is 14.1. The smallest absolute Gasteiger partial charge is 0.337 e. The number of carboxylic acid groups (broad SMARTS) is 1. The van der Waals surface area contributed by atoms with Crippen LogP contribution in [0.2, 0.25) is 0 Å². The Morgan fingerprint density at radius 1 is 1.25 bits per heavy atom. The first-order valence-corrected chi connectivity index (χ1v) is 7.30. The molecule has 0 radical (unpaired) electrons. The molecule has 1 aromatic carbocycles. The Morgan fingerprint density at radius 3 is 2.70 bits per heavy atom. The number of aromatic nitrogens is 1. The fourth-order valence-corrected chi connectivity index (χ4v) is 2.46. The molecule has 1 heterocycles. The van der Waals surface area contributed by atoms with E-state index in [0.717, 1.165) is 3.57 Å². The van der Waals surface area contributed by atoms with Gasteiger partial charge in [-0.05, 0) is 62.8 Å². The lowest BCUT2D eigenvalue weighted by Gasteiger charge is -2.09. The Bertz CT molecular complexity index is 691. The molecule has 0 aliphatic heterocycles. The summed E-state index contributed by atoms with van der Waals surface area (Å²) in [5.41, 5.74) is 0.586. The topological polar surface area (TPSA) is 79.3 Å². The maximum absolute atomic E-state index is 12.2. The van der Waals surface area contributed by atoms with Gasteiger partial charge in [-0.3, -0.25) is 9.78 Å². The van der Waals surface area contributed by atoms with Crippen molar-refractivity contribution in [3.63, 3.8) is 0 Å². The number of hydrogen-bond acceptors (Lipinski definition) is 3. The van der Waals surface area contributed by atoms with Gasteiger partial charge in [-0.1, -0.05) is 0 Å². The van der Waals surface area contributed by atoms with Crippen molar-refractivity contribution in [1.82, 2.24) is 4.98 Å². The zero-order valence-corrected chi connectivity index (χ0v) is 13.7. The van der Waals surface area contributed by atoms with E-state index in [1.165, 1.54) is 18.5 Å². The molecule has 0 unspecified atom stereocenters. The van der Waals surface area contributed by atoms with E-state index in [0.29, 0.717) is 10.0 Å². The molecule has 2 N–H and O–H groups in total. The number of hydrogen-bond donors (Lipinski definition) is 2. The highest BCUT2D eigenvalue weighted by Crippen LogP contribution is 2.22. The Balaban J connectivity index is 2.33. The maximum Gasteiger partial charge on any atom is 0.337 e. The molecular weight excluding hydrogens is 439 g/mol. The second kappa shape index (κ2) is 6.31. The molecule has 0 saturated carbocycles. The SMILES string of the molecule is O=C(Nc1cnccc1C(=O)O)c1cc(I)ccc1Br. The first-order chi connectivity index (χ1) is 9.49. The van der Waals surface area contributed by atoms with Crippen molar-refractivity contribution in [2.24, 2.45) is 0 Å². The molecule has 7 heteroatoms. The van der Waals surface area contributed by atoms with Gasteiger partial charge in [0.05, 0.1) is 23.0 Å². The number of amides is 1. The van der Waals surface area contributed by atoms with Crippen LogP contribution in [-0.2, 0) is 0 Å². The van der Waals surface area contributed by atoms with Crippen molar-refractivity contribution in [2.45, 2.75) is 0 Å². The van der Waals surface area contributed by atoms with Gasteiger partial charge in [-0.15, -0.1) is 0 Å². The summed E-state index contributed by atoms with van der Waals surface area (Å²) in [6.07, 6.45) is 2.67. The standard InChI is InChI=1S/C13H8BrIN2O3/c14-10-2-1-7(15)5-9(10)12(18)17-11-6-16-4-3-8(11)13(19)20/h1-6H,(H,17,18)(H,19,20). The average Bonchev–Trinajstić information content (AvgIpc) is 2.41. The Kier molecular flexibility index (Phi) is 4.71. The summed E-state index contributed by atoms with van der Waals surface area (Å²) >= 11 is 5.39. The molecule has 2 rings (SSSR count). The Hall–Kier alpha value is -1.48. The largest absolute Gasteiger partial charge is 0.478 e. The number of halogens is 2. The summed E-state index contributed by atoms with van der Waals surface area (Å²) in [6, 6.07) is 6.66. The van der Waals surface area contributed by atoms with Gasteiger partial charge in [0.25, 0.3) is 5.91 Å². The third-order valence-electron chi connectivity index (χ3n) is 2.47. The minimum Gasteiger partial charge on any atom is -0.478 e. The number of carbonyl (C=O) groups excluding carboxylic acids is 1. The summed E-state index contributed by atoms with van der Waals surface area (Å²) in [7, 11) is 0. The molecule has 0 spiro atoms. The van der Waals surface area contributed by atoms with Gasteiger partial charge in [0, 0.05) is 14.2 Å². The normalized spacial score (nSPS) is 10.1. The first kappa shape index (κ1) is 14.9. The Labute approximate surface area is 136 Å². The highest BCUT2D eigenvalue weighted by Gasteiger charge is 2.15. The number of carbonyl (C=O) groups is 2. The van der Waals surface area contributed by atoms with Gasteiger partial charge in [0.2, 0.25) is 0 Å². The van der Waals surface area contributed by atoms with Crippen molar-refractivity contribution in [2.75, 3.05) is 5.32 Å². The lowest BCUT2D eigenvalue weighted by molar-refractivity contribution is 0.0698. The van der Waals surface area contributed by atoms with Crippen molar-refractivity contribution >= 4 is 56.1 Å². The number of pyridine rings is 1. The van der Waals surface area contributed by atoms with Crippen LogP contribution in [0, 0.1) is 3.57 Å². The van der Waals surface area contributed by atoms with Gasteiger partial charge >= 0.3 is 5.97 Å². The lowest BCUT2D eigenvalue weighted by atomic mass is 10.2. The van der Waals surface area contributed by atoms with Crippen LogP contribution in [0.4, 0.5) is 5.69 Å². The van der Waals surface area contributed by atoms with Gasteiger partial charge in [-0.25, -0.2) is 4.79 Å². The minimum absolute atomic E-state index is 0.00454. The molecule has 0 aliphatic carbocycles. The minimum atomic E-state index is -1.12. The van der Waals surface area contributed by atoms with E-state index in [1.807, 2.05) is 6.07 Å². The second-order valence-corrected chi connectivity index (χ2v) is 5.90. The van der Waals surface area contributed by atoms with Crippen molar-refractivity contribution in [3.05, 3.63) is 55.8 Å². The van der Waals surface area contributed by atoms with Gasteiger partial charge in [-0.2, -0.15) is 0 Å². The molecule has 0 saturated heterocycles. The summed E-state index contributed by atoms with van der Waals surface area (Å²) in [5, 5.41) is 11.6. The molecule has 0 bridgehead atoms. The van der Waals surface area contributed by atoms with Crippen LogP contribution in [0.1, 0.15) is 20.7 Å². The van der Waals surface area contributed by atoms with E-state index in [9.17, 15) is 9.59 Å². The second-order valence-electron chi connectivity index (χ2n) is 3.80. The van der Waals surface area contributed by atoms with E-state index in [-0.39, 0.29) is 11.3 Å². The van der Waals surface area contributed by atoms with Crippen LogP contribution >= 0.6 is 38.5 Å². The highest BCUT2D eigenvalue weighted by atomic mass is 127. The zero-order chi connectivity index (χ0) is 14.7. The van der Waals surface area contributed by atoms with E-state index in [2.05, 4.69) is 48.8 Å². The predicted molar refractivity (Wildman–Crippen MR) is 86.0 cm³/mol. The van der Waals surface area contributed by atoms with Crippen LogP contribution < -0.4 is 5.32 Å². The van der Waals surface area contributed by atoms with Crippen LogP contribution in [0.5, 0.6) is 0 Å². The van der Waals surface area contributed by atoms with Crippen LogP contribution in [0.25, 0.3) is 0 Å². The third-order valence-corrected chi connectivity index (χ3v) is 3.84. The van der Waals surface area contributed by atoms with Crippen LogP contribution in [0.3, 0.4) is 0 Å². The number of nitrogens with zero attached hydrogens (tertiary/aromatic N) is 1. The van der Waals surface area contributed by atoms with E-state index in [1.54, 1.807) is 12.1 Å². The number of nitrogens with one attached hydrogen (secondary N) is 1. The van der Waals surface area contributed by atoms with Crippen LogP contribution in [0.15, 0.2) is 41.1 Å². The monoisotopic (exact) mass is 446 g/mol. The van der Waals surface area contributed by atoms with Crippen LogP contribution in [-0.4, -0.2) is 22.0 Å². The number of benzene rings is 1. The maximum atomic E-state index is 12.2. The molecule has 5 nitrogen and oxygen atoms in total. The summed E-state index contributed by atoms with van der Waals surface area (Å²) in [5.74, 6) is -1.52. The average molecular weight is 447 g/mol. The molecule has 1 aromatic heterocycles. The molecule has 2 aromatic rings. The fourth-order valence-electron chi connectivity index (χ4n) is 1.54. The van der Waals surface area contributed by atoms with Crippen molar-refractivity contribution in [3.8, 4) is 0 Å². The first-order valence-electron chi connectivity index (χ1n) is 5.42. The van der Waals surface area contributed by atoms with Gasteiger partial charge < -0.3 is 10.4 Å².